The molecule has 0 unspecified atom stereocenters. The number of rotatable bonds is 4. The van der Waals surface area contributed by atoms with Crippen LogP contribution in [-0.4, -0.2) is 10.1 Å². The second kappa shape index (κ2) is 4.88. The third kappa shape index (κ3) is 2.66. The van der Waals surface area contributed by atoms with Crippen LogP contribution in [0.15, 0.2) is 16.7 Å². The van der Waals surface area contributed by atoms with Gasteiger partial charge in [0.25, 0.3) is 0 Å². The molecule has 0 radical (unpaired) electrons. The molecule has 2 aromatic heterocycles. The zero-order valence-corrected chi connectivity index (χ0v) is 9.54. The van der Waals surface area contributed by atoms with Gasteiger partial charge >= 0.3 is 0 Å². The highest BCUT2D eigenvalue weighted by atomic mass is 32.1. The van der Waals surface area contributed by atoms with E-state index in [1.54, 1.807) is 6.92 Å². The van der Waals surface area contributed by atoms with Gasteiger partial charge in [0.1, 0.15) is 10.9 Å². The Balaban J connectivity index is 1.82. The Hall–Kier alpha value is -1.71. The molecule has 0 aliphatic carbocycles. The normalized spacial score (nSPS) is 10.2. The number of nitrogens with one attached hydrogen (secondary N) is 1. The Morgan fingerprint density at radius 1 is 1.50 bits per heavy atom. The standard InChI is InChI=1S/C10H10N4OS/c1-7-13-10(14-15-7)6-12-5-9-3-2-8(4-11)16-9/h2-3,12H,5-6H2,1H3. The summed E-state index contributed by atoms with van der Waals surface area (Å²) < 4.78 is 4.85. The maximum Gasteiger partial charge on any atom is 0.223 e. The van der Waals surface area contributed by atoms with E-state index in [1.807, 2.05) is 12.1 Å². The zero-order chi connectivity index (χ0) is 11.4. The highest BCUT2D eigenvalue weighted by Gasteiger charge is 2.02. The van der Waals surface area contributed by atoms with Gasteiger partial charge in [-0.25, -0.2) is 0 Å². The lowest BCUT2D eigenvalue weighted by Gasteiger charge is -1.97. The van der Waals surface area contributed by atoms with E-state index in [2.05, 4.69) is 21.5 Å². The van der Waals surface area contributed by atoms with Crippen LogP contribution in [0, 0.1) is 18.3 Å². The Labute approximate surface area is 96.7 Å². The molecule has 0 saturated carbocycles. The molecular weight excluding hydrogens is 224 g/mol. The second-order valence-electron chi connectivity index (χ2n) is 3.21. The van der Waals surface area contributed by atoms with Crippen molar-refractivity contribution in [3.63, 3.8) is 0 Å². The van der Waals surface area contributed by atoms with Crippen LogP contribution in [0.4, 0.5) is 0 Å². The van der Waals surface area contributed by atoms with Crippen molar-refractivity contribution in [3.8, 4) is 6.07 Å². The van der Waals surface area contributed by atoms with Gasteiger partial charge in [-0.3, -0.25) is 0 Å². The Bertz CT molecular complexity index is 511. The van der Waals surface area contributed by atoms with Crippen molar-refractivity contribution >= 4 is 11.3 Å². The molecule has 2 aromatic rings. The minimum atomic E-state index is 0.567. The Morgan fingerprint density at radius 3 is 3.00 bits per heavy atom. The highest BCUT2D eigenvalue weighted by Crippen LogP contribution is 2.14. The Morgan fingerprint density at radius 2 is 2.38 bits per heavy atom. The van der Waals surface area contributed by atoms with Gasteiger partial charge in [-0.15, -0.1) is 11.3 Å². The first kappa shape index (κ1) is 10.8. The first-order valence-corrected chi connectivity index (χ1v) is 5.58. The van der Waals surface area contributed by atoms with E-state index in [4.69, 9.17) is 9.78 Å². The van der Waals surface area contributed by atoms with Crippen LogP contribution in [0.25, 0.3) is 0 Å². The van der Waals surface area contributed by atoms with E-state index in [9.17, 15) is 0 Å². The smallest absolute Gasteiger partial charge is 0.223 e. The molecule has 0 bridgehead atoms. The van der Waals surface area contributed by atoms with Crippen LogP contribution in [-0.2, 0) is 13.1 Å². The summed E-state index contributed by atoms with van der Waals surface area (Å²) in [5, 5.41) is 15.6. The zero-order valence-electron chi connectivity index (χ0n) is 8.73. The van der Waals surface area contributed by atoms with E-state index in [1.165, 1.54) is 11.3 Å². The van der Waals surface area contributed by atoms with Gasteiger partial charge in [0, 0.05) is 18.3 Å². The van der Waals surface area contributed by atoms with Crippen LogP contribution in [0.3, 0.4) is 0 Å². The van der Waals surface area contributed by atoms with Gasteiger partial charge < -0.3 is 9.84 Å². The van der Waals surface area contributed by atoms with Crippen LogP contribution < -0.4 is 5.32 Å². The average Bonchev–Trinajstić information content (AvgIpc) is 2.88. The first-order valence-electron chi connectivity index (χ1n) is 4.76. The summed E-state index contributed by atoms with van der Waals surface area (Å²) in [4.78, 5) is 5.92. The average molecular weight is 234 g/mol. The monoisotopic (exact) mass is 234 g/mol. The fraction of sp³-hybridized carbons (Fsp3) is 0.300. The van der Waals surface area contributed by atoms with E-state index >= 15 is 0 Å². The molecule has 16 heavy (non-hydrogen) atoms. The maximum absolute atomic E-state index is 8.66. The van der Waals surface area contributed by atoms with Gasteiger partial charge in [-0.2, -0.15) is 10.2 Å². The predicted octanol–water partition coefficient (Wildman–Crippen LogP) is 1.60. The van der Waals surface area contributed by atoms with Crippen molar-refractivity contribution < 1.29 is 4.52 Å². The van der Waals surface area contributed by atoms with Crippen molar-refractivity contribution in [2.45, 2.75) is 20.0 Å². The predicted molar refractivity (Wildman–Crippen MR) is 58.6 cm³/mol. The first-order chi connectivity index (χ1) is 7.78. The molecule has 0 aromatic carbocycles. The molecule has 1 N–H and O–H groups in total. The van der Waals surface area contributed by atoms with E-state index < -0.39 is 0 Å². The number of aromatic nitrogens is 2. The fourth-order valence-electron chi connectivity index (χ4n) is 1.24. The van der Waals surface area contributed by atoms with Gasteiger partial charge in [0.2, 0.25) is 5.89 Å². The SMILES string of the molecule is Cc1nc(CNCc2ccc(C#N)s2)no1. The lowest BCUT2D eigenvalue weighted by Crippen LogP contribution is -2.12. The third-order valence-electron chi connectivity index (χ3n) is 1.92. The van der Waals surface area contributed by atoms with Crippen LogP contribution in [0.1, 0.15) is 21.5 Å². The molecule has 0 amide bonds. The van der Waals surface area contributed by atoms with Crippen molar-refractivity contribution in [2.75, 3.05) is 0 Å². The summed E-state index contributed by atoms with van der Waals surface area (Å²) in [5.74, 6) is 1.22. The van der Waals surface area contributed by atoms with Crippen molar-refractivity contribution in [1.29, 1.82) is 5.26 Å². The summed E-state index contributed by atoms with van der Waals surface area (Å²) in [5.41, 5.74) is 0. The third-order valence-corrected chi connectivity index (χ3v) is 2.91. The molecule has 5 nitrogen and oxygen atoms in total. The molecular formula is C10H10N4OS. The highest BCUT2D eigenvalue weighted by molar-refractivity contribution is 7.12. The minimum absolute atomic E-state index is 0.567. The van der Waals surface area contributed by atoms with Gasteiger partial charge in [-0.05, 0) is 12.1 Å². The molecule has 2 heterocycles. The summed E-state index contributed by atoms with van der Waals surface area (Å²) in [7, 11) is 0. The van der Waals surface area contributed by atoms with Crippen LogP contribution in [0.5, 0.6) is 0 Å². The molecule has 82 valence electrons. The summed E-state index contributed by atoms with van der Waals surface area (Å²) in [6.07, 6.45) is 0. The van der Waals surface area contributed by atoms with Gasteiger partial charge in [0.05, 0.1) is 6.54 Å². The van der Waals surface area contributed by atoms with Gasteiger partial charge in [-0.1, -0.05) is 5.16 Å². The number of hydrogen-bond donors (Lipinski definition) is 1. The Kier molecular flexibility index (Phi) is 3.29. The molecule has 6 heteroatoms. The number of thiophene rings is 1. The summed E-state index contributed by atoms with van der Waals surface area (Å²) in [6.45, 7) is 3.03. The number of nitriles is 1. The number of aryl methyl sites for hydroxylation is 1. The number of nitrogens with zero attached hydrogens (tertiary/aromatic N) is 3. The quantitative estimate of drug-likeness (QED) is 0.869. The molecule has 0 atom stereocenters. The van der Waals surface area contributed by atoms with E-state index in [0.717, 1.165) is 9.75 Å². The van der Waals surface area contributed by atoms with Crippen molar-refractivity contribution in [2.24, 2.45) is 0 Å². The van der Waals surface area contributed by atoms with Crippen LogP contribution in [0.2, 0.25) is 0 Å². The molecule has 0 spiro atoms. The van der Waals surface area contributed by atoms with Crippen molar-refractivity contribution in [3.05, 3.63) is 33.6 Å². The summed E-state index contributed by atoms with van der Waals surface area (Å²) >= 11 is 1.49. The van der Waals surface area contributed by atoms with E-state index in [0.29, 0.717) is 24.8 Å². The van der Waals surface area contributed by atoms with Crippen LogP contribution >= 0.6 is 11.3 Å². The molecule has 0 aliphatic heterocycles. The lowest BCUT2D eigenvalue weighted by molar-refractivity contribution is 0.385. The fourth-order valence-corrected chi connectivity index (χ4v) is 2.02. The van der Waals surface area contributed by atoms with Gasteiger partial charge in [0.15, 0.2) is 5.82 Å². The topological polar surface area (TPSA) is 74.7 Å². The second-order valence-corrected chi connectivity index (χ2v) is 4.38. The molecule has 0 fully saturated rings. The maximum atomic E-state index is 8.66. The largest absolute Gasteiger partial charge is 0.340 e. The lowest BCUT2D eigenvalue weighted by atomic mass is 10.4. The molecule has 0 aliphatic rings. The van der Waals surface area contributed by atoms with Crippen molar-refractivity contribution in [1.82, 2.24) is 15.5 Å². The number of hydrogen-bond acceptors (Lipinski definition) is 6. The minimum Gasteiger partial charge on any atom is -0.340 e. The summed E-state index contributed by atoms with van der Waals surface area (Å²) in [6, 6.07) is 5.87. The molecule has 0 saturated heterocycles. The van der Waals surface area contributed by atoms with E-state index in [-0.39, 0.29) is 0 Å². The molecule has 2 rings (SSSR count).